The molecule has 2 aromatic carbocycles. The van der Waals surface area contributed by atoms with Crippen molar-refractivity contribution >= 4 is 34.7 Å². The van der Waals surface area contributed by atoms with Crippen LogP contribution in [0, 0.1) is 0 Å². The highest BCUT2D eigenvalue weighted by atomic mass is 35.5. The first-order valence-corrected chi connectivity index (χ1v) is 7.88. The standard InChI is InChI=1S/C19H15ClO4/c1-2-13-14-5-3-4-6-15(14)19(17(21)22,18(23)24)16(13)11-7-9-12(20)10-8-11/h3-10H,2H2,1H3,(H,21,22)(H,23,24). The summed E-state index contributed by atoms with van der Waals surface area (Å²) in [7, 11) is 0. The first-order valence-electron chi connectivity index (χ1n) is 7.50. The molecule has 0 unspecified atom stereocenters. The van der Waals surface area contributed by atoms with Crippen LogP contribution in [0.5, 0.6) is 0 Å². The number of carbonyl (C=O) groups is 2. The summed E-state index contributed by atoms with van der Waals surface area (Å²) in [6, 6.07) is 13.4. The minimum Gasteiger partial charge on any atom is -0.480 e. The monoisotopic (exact) mass is 342 g/mol. The van der Waals surface area contributed by atoms with Crippen molar-refractivity contribution < 1.29 is 19.8 Å². The van der Waals surface area contributed by atoms with Gasteiger partial charge in [-0.15, -0.1) is 0 Å². The average Bonchev–Trinajstić information content (AvgIpc) is 2.86. The summed E-state index contributed by atoms with van der Waals surface area (Å²) in [5, 5.41) is 20.4. The van der Waals surface area contributed by atoms with E-state index in [0.717, 1.165) is 5.57 Å². The molecule has 0 atom stereocenters. The third kappa shape index (κ3) is 2.07. The molecule has 4 nitrogen and oxygen atoms in total. The Morgan fingerprint density at radius 3 is 2.12 bits per heavy atom. The first-order chi connectivity index (χ1) is 11.4. The molecule has 0 saturated carbocycles. The van der Waals surface area contributed by atoms with Crippen LogP contribution in [-0.4, -0.2) is 22.2 Å². The van der Waals surface area contributed by atoms with Crippen LogP contribution in [0.25, 0.3) is 11.1 Å². The Labute approximate surface area is 144 Å². The molecule has 2 aromatic rings. The van der Waals surface area contributed by atoms with Gasteiger partial charge in [0.25, 0.3) is 0 Å². The van der Waals surface area contributed by atoms with E-state index in [1.807, 2.05) is 6.92 Å². The summed E-state index contributed by atoms with van der Waals surface area (Å²) in [6.45, 7) is 1.89. The Bertz CT molecular complexity index is 851. The fourth-order valence-electron chi connectivity index (χ4n) is 3.48. The summed E-state index contributed by atoms with van der Waals surface area (Å²) in [5.74, 6) is -2.79. The maximum Gasteiger partial charge on any atom is 0.330 e. The maximum atomic E-state index is 12.2. The molecule has 24 heavy (non-hydrogen) atoms. The smallest absolute Gasteiger partial charge is 0.330 e. The van der Waals surface area contributed by atoms with E-state index >= 15 is 0 Å². The molecular weight excluding hydrogens is 328 g/mol. The Hall–Kier alpha value is -2.59. The van der Waals surface area contributed by atoms with E-state index in [2.05, 4.69) is 0 Å². The van der Waals surface area contributed by atoms with Crippen LogP contribution in [0.1, 0.15) is 30.0 Å². The molecule has 1 aliphatic rings. The fourth-order valence-corrected chi connectivity index (χ4v) is 3.61. The maximum absolute atomic E-state index is 12.2. The molecule has 1 aliphatic carbocycles. The fraction of sp³-hybridized carbons (Fsp3) is 0.158. The number of rotatable bonds is 4. The van der Waals surface area contributed by atoms with Crippen LogP contribution in [0.3, 0.4) is 0 Å². The number of halogens is 1. The van der Waals surface area contributed by atoms with Gasteiger partial charge in [-0.05, 0) is 46.4 Å². The number of carboxylic acid groups (broad SMARTS) is 2. The van der Waals surface area contributed by atoms with Gasteiger partial charge in [0.1, 0.15) is 0 Å². The zero-order valence-corrected chi connectivity index (χ0v) is 13.7. The van der Waals surface area contributed by atoms with E-state index < -0.39 is 17.4 Å². The van der Waals surface area contributed by atoms with Gasteiger partial charge in [-0.25, -0.2) is 0 Å². The van der Waals surface area contributed by atoms with Crippen molar-refractivity contribution in [2.45, 2.75) is 18.8 Å². The Morgan fingerprint density at radius 2 is 1.58 bits per heavy atom. The number of benzene rings is 2. The SMILES string of the molecule is CCC1=C(c2ccc(Cl)cc2)C(C(=O)O)(C(=O)O)c2ccccc21. The number of fused-ring (bicyclic) bond motifs is 1. The quantitative estimate of drug-likeness (QED) is 0.821. The van der Waals surface area contributed by atoms with E-state index in [0.29, 0.717) is 33.7 Å². The second-order valence-corrected chi connectivity index (χ2v) is 6.06. The molecule has 0 radical (unpaired) electrons. The minimum atomic E-state index is -2.12. The molecule has 2 N–H and O–H groups in total. The molecule has 0 saturated heterocycles. The normalized spacial score (nSPS) is 15.2. The Balaban J connectivity index is 2.43. The lowest BCUT2D eigenvalue weighted by Gasteiger charge is -2.25. The second-order valence-electron chi connectivity index (χ2n) is 5.62. The number of hydrogen-bond acceptors (Lipinski definition) is 2. The van der Waals surface area contributed by atoms with Crippen LogP contribution < -0.4 is 0 Å². The van der Waals surface area contributed by atoms with Crippen LogP contribution >= 0.6 is 11.6 Å². The lowest BCUT2D eigenvalue weighted by atomic mass is 9.74. The van der Waals surface area contributed by atoms with Crippen molar-refractivity contribution in [1.29, 1.82) is 0 Å². The average molecular weight is 343 g/mol. The lowest BCUT2D eigenvalue weighted by Crippen LogP contribution is -2.43. The van der Waals surface area contributed by atoms with Crippen molar-refractivity contribution in [3.8, 4) is 0 Å². The van der Waals surface area contributed by atoms with Crippen LogP contribution in [-0.2, 0) is 15.0 Å². The molecule has 0 amide bonds. The van der Waals surface area contributed by atoms with Gasteiger partial charge in [0.15, 0.2) is 0 Å². The first kappa shape index (κ1) is 16.3. The van der Waals surface area contributed by atoms with Gasteiger partial charge >= 0.3 is 11.9 Å². The van der Waals surface area contributed by atoms with E-state index in [-0.39, 0.29) is 0 Å². The number of aliphatic carboxylic acids is 2. The van der Waals surface area contributed by atoms with Crippen molar-refractivity contribution in [3.05, 3.63) is 70.2 Å². The van der Waals surface area contributed by atoms with Gasteiger partial charge in [0, 0.05) is 5.02 Å². The van der Waals surface area contributed by atoms with Crippen molar-refractivity contribution in [2.75, 3.05) is 0 Å². The van der Waals surface area contributed by atoms with Gasteiger partial charge < -0.3 is 10.2 Å². The molecular formula is C19H15ClO4. The zero-order chi connectivity index (χ0) is 17.5. The van der Waals surface area contributed by atoms with Crippen molar-refractivity contribution in [2.24, 2.45) is 0 Å². The Morgan fingerprint density at radius 1 is 1.00 bits per heavy atom. The number of allylic oxidation sites excluding steroid dienone is 1. The molecule has 0 bridgehead atoms. The molecule has 3 rings (SSSR count). The summed E-state index contributed by atoms with van der Waals surface area (Å²) in [4.78, 5) is 24.4. The van der Waals surface area contributed by atoms with Crippen molar-refractivity contribution in [1.82, 2.24) is 0 Å². The van der Waals surface area contributed by atoms with Crippen LogP contribution in [0.2, 0.25) is 5.02 Å². The molecule has 0 aromatic heterocycles. The molecule has 0 heterocycles. The van der Waals surface area contributed by atoms with E-state index in [4.69, 9.17) is 11.6 Å². The summed E-state index contributed by atoms with van der Waals surface area (Å²) < 4.78 is 0. The largest absolute Gasteiger partial charge is 0.480 e. The predicted molar refractivity (Wildman–Crippen MR) is 91.9 cm³/mol. The van der Waals surface area contributed by atoms with E-state index in [1.165, 1.54) is 0 Å². The van der Waals surface area contributed by atoms with Crippen molar-refractivity contribution in [3.63, 3.8) is 0 Å². The number of hydrogen-bond donors (Lipinski definition) is 2. The van der Waals surface area contributed by atoms with Crippen LogP contribution in [0.15, 0.2) is 48.5 Å². The molecule has 0 spiro atoms. The highest BCUT2D eigenvalue weighted by molar-refractivity contribution is 6.30. The van der Waals surface area contributed by atoms with Gasteiger partial charge in [0.05, 0.1) is 0 Å². The topological polar surface area (TPSA) is 74.6 Å². The lowest BCUT2D eigenvalue weighted by molar-refractivity contribution is -0.153. The molecule has 122 valence electrons. The summed E-state index contributed by atoms with van der Waals surface area (Å²) >= 11 is 5.93. The Kier molecular flexibility index (Phi) is 3.93. The second kappa shape index (κ2) is 5.80. The highest BCUT2D eigenvalue weighted by Gasteiger charge is 2.57. The number of carboxylic acids is 2. The van der Waals surface area contributed by atoms with Gasteiger partial charge in [-0.1, -0.05) is 54.9 Å². The molecule has 0 aliphatic heterocycles. The van der Waals surface area contributed by atoms with E-state index in [9.17, 15) is 19.8 Å². The minimum absolute atomic E-state index is 0.298. The molecule has 5 heteroatoms. The third-order valence-electron chi connectivity index (χ3n) is 4.46. The van der Waals surface area contributed by atoms with E-state index in [1.54, 1.807) is 48.5 Å². The molecule has 0 fully saturated rings. The zero-order valence-electron chi connectivity index (χ0n) is 12.9. The van der Waals surface area contributed by atoms with Gasteiger partial charge in [-0.2, -0.15) is 0 Å². The van der Waals surface area contributed by atoms with Gasteiger partial charge in [0.2, 0.25) is 5.41 Å². The summed E-state index contributed by atoms with van der Waals surface area (Å²) in [5.41, 5.74) is 0.454. The van der Waals surface area contributed by atoms with Crippen LogP contribution in [0.4, 0.5) is 0 Å². The highest BCUT2D eigenvalue weighted by Crippen LogP contribution is 2.52. The van der Waals surface area contributed by atoms with Gasteiger partial charge in [-0.3, -0.25) is 9.59 Å². The summed E-state index contributed by atoms with van der Waals surface area (Å²) in [6.07, 6.45) is 0.525. The third-order valence-corrected chi connectivity index (χ3v) is 4.71. The predicted octanol–water partition coefficient (Wildman–Crippen LogP) is 4.08.